The van der Waals surface area contributed by atoms with Crippen LogP contribution in [-0.4, -0.2) is 17.9 Å². The summed E-state index contributed by atoms with van der Waals surface area (Å²) in [5.41, 5.74) is 3.61. The standard InChI is InChI=1S/C21H23NO6/c1-9-13(5)27-18-11(3)19-16(8-15(9)18)10(2)14(21(26)28-19)6-7-17(23)22-12(4)20(24)25/h8,12H,6-7H2,1-5H3,(H,22,23)(H,24,25)/p-1/t12-/m1/s1. The van der Waals surface area contributed by atoms with E-state index in [4.69, 9.17) is 8.83 Å². The zero-order valence-corrected chi connectivity index (χ0v) is 16.5. The number of carbonyl (C=O) groups is 2. The maximum atomic E-state index is 12.5. The van der Waals surface area contributed by atoms with Gasteiger partial charge in [-0.15, -0.1) is 0 Å². The number of benzene rings is 1. The zero-order valence-electron chi connectivity index (χ0n) is 16.5. The van der Waals surface area contributed by atoms with Crippen LogP contribution in [0.4, 0.5) is 0 Å². The van der Waals surface area contributed by atoms with E-state index in [1.807, 2.05) is 33.8 Å². The lowest BCUT2D eigenvalue weighted by Gasteiger charge is -2.15. The van der Waals surface area contributed by atoms with E-state index in [-0.39, 0.29) is 12.8 Å². The highest BCUT2D eigenvalue weighted by Gasteiger charge is 2.19. The van der Waals surface area contributed by atoms with Gasteiger partial charge < -0.3 is 24.1 Å². The molecule has 0 bridgehead atoms. The van der Waals surface area contributed by atoms with Gasteiger partial charge in [0.25, 0.3) is 0 Å². The fraction of sp³-hybridized carbons (Fsp3) is 0.381. The predicted molar refractivity (Wildman–Crippen MR) is 102 cm³/mol. The zero-order chi connectivity index (χ0) is 20.7. The van der Waals surface area contributed by atoms with Crippen molar-refractivity contribution in [2.45, 2.75) is 53.5 Å². The molecule has 0 unspecified atom stereocenters. The van der Waals surface area contributed by atoms with E-state index in [9.17, 15) is 19.5 Å². The van der Waals surface area contributed by atoms with Crippen LogP contribution < -0.4 is 16.0 Å². The summed E-state index contributed by atoms with van der Waals surface area (Å²) in [4.78, 5) is 35.2. The second kappa shape index (κ2) is 7.14. The first kappa shape index (κ1) is 19.7. The highest BCUT2D eigenvalue weighted by Crippen LogP contribution is 2.34. The second-order valence-electron chi connectivity index (χ2n) is 7.14. The first-order valence-corrected chi connectivity index (χ1v) is 9.07. The number of nitrogens with one attached hydrogen (secondary N) is 1. The first-order valence-electron chi connectivity index (χ1n) is 9.07. The minimum Gasteiger partial charge on any atom is -0.548 e. The van der Waals surface area contributed by atoms with Crippen LogP contribution in [0.25, 0.3) is 21.9 Å². The normalized spacial score (nSPS) is 12.5. The third-order valence-corrected chi connectivity index (χ3v) is 5.28. The fourth-order valence-electron chi connectivity index (χ4n) is 3.39. The molecule has 28 heavy (non-hydrogen) atoms. The number of carbonyl (C=O) groups excluding carboxylic acids is 2. The average Bonchev–Trinajstić information content (AvgIpc) is 2.91. The Labute approximate surface area is 161 Å². The van der Waals surface area contributed by atoms with E-state index in [0.29, 0.717) is 16.7 Å². The van der Waals surface area contributed by atoms with Crippen molar-refractivity contribution in [3.63, 3.8) is 0 Å². The van der Waals surface area contributed by atoms with Crippen molar-refractivity contribution < 1.29 is 23.5 Å². The summed E-state index contributed by atoms with van der Waals surface area (Å²) in [5, 5.41) is 14.8. The Bertz CT molecular complexity index is 1170. The first-order chi connectivity index (χ1) is 13.1. The molecule has 1 atom stereocenters. The number of amides is 1. The molecule has 1 N–H and O–H groups in total. The Hall–Kier alpha value is -3.09. The topological polar surface area (TPSA) is 113 Å². The molecule has 0 spiro atoms. The third-order valence-electron chi connectivity index (χ3n) is 5.28. The smallest absolute Gasteiger partial charge is 0.339 e. The Morgan fingerprint density at radius 3 is 2.29 bits per heavy atom. The number of aliphatic carboxylic acids is 1. The minimum absolute atomic E-state index is 0.0280. The quantitative estimate of drug-likeness (QED) is 0.673. The van der Waals surface area contributed by atoms with Crippen molar-refractivity contribution in [2.75, 3.05) is 0 Å². The van der Waals surface area contributed by atoms with Crippen LogP contribution in [0.3, 0.4) is 0 Å². The molecule has 0 saturated carbocycles. The van der Waals surface area contributed by atoms with Crippen LogP contribution in [0, 0.1) is 27.7 Å². The van der Waals surface area contributed by atoms with Crippen molar-refractivity contribution in [2.24, 2.45) is 0 Å². The summed E-state index contributed by atoms with van der Waals surface area (Å²) < 4.78 is 11.4. The average molecular weight is 384 g/mol. The van der Waals surface area contributed by atoms with Crippen LogP contribution in [0.2, 0.25) is 0 Å². The van der Waals surface area contributed by atoms with Crippen LogP contribution in [0.15, 0.2) is 19.7 Å². The van der Waals surface area contributed by atoms with Crippen molar-refractivity contribution in [1.82, 2.24) is 5.32 Å². The highest BCUT2D eigenvalue weighted by molar-refractivity contribution is 6.00. The number of hydrogen-bond donors (Lipinski definition) is 1. The molecule has 0 saturated heterocycles. The molecule has 7 nitrogen and oxygen atoms in total. The highest BCUT2D eigenvalue weighted by atomic mass is 16.4. The lowest BCUT2D eigenvalue weighted by atomic mass is 9.98. The summed E-state index contributed by atoms with van der Waals surface area (Å²) in [5.74, 6) is -1.02. The van der Waals surface area contributed by atoms with E-state index in [1.165, 1.54) is 6.92 Å². The summed E-state index contributed by atoms with van der Waals surface area (Å²) in [6, 6.07) is 0.855. The van der Waals surface area contributed by atoms with Gasteiger partial charge >= 0.3 is 5.63 Å². The molecule has 2 aromatic heterocycles. The number of hydrogen-bond acceptors (Lipinski definition) is 6. The summed E-state index contributed by atoms with van der Waals surface area (Å²) in [7, 11) is 0. The Morgan fingerprint density at radius 1 is 1.04 bits per heavy atom. The monoisotopic (exact) mass is 384 g/mol. The Balaban J connectivity index is 2.01. The minimum atomic E-state index is -1.36. The largest absolute Gasteiger partial charge is 0.548 e. The molecule has 1 amide bonds. The van der Waals surface area contributed by atoms with Gasteiger partial charge in [0.1, 0.15) is 16.9 Å². The van der Waals surface area contributed by atoms with Gasteiger partial charge in [-0.3, -0.25) is 4.79 Å². The number of furan rings is 1. The number of carboxylic acids is 1. The van der Waals surface area contributed by atoms with Crippen LogP contribution in [-0.2, 0) is 16.0 Å². The molecule has 3 aromatic rings. The SMILES string of the molecule is Cc1oc2c(C)c3oc(=O)c(CCC(=O)N[C@H](C)C(=O)[O-])c(C)c3cc2c1C. The lowest BCUT2D eigenvalue weighted by Crippen LogP contribution is -2.46. The van der Waals surface area contributed by atoms with Crippen molar-refractivity contribution in [1.29, 1.82) is 0 Å². The van der Waals surface area contributed by atoms with Crippen LogP contribution >= 0.6 is 0 Å². The van der Waals surface area contributed by atoms with Crippen molar-refractivity contribution in [3.8, 4) is 0 Å². The molecule has 0 aliphatic heterocycles. The van der Waals surface area contributed by atoms with Crippen LogP contribution in [0.1, 0.15) is 41.4 Å². The van der Waals surface area contributed by atoms with Gasteiger partial charge in [0.2, 0.25) is 5.91 Å². The maximum Gasteiger partial charge on any atom is 0.339 e. The van der Waals surface area contributed by atoms with E-state index in [0.717, 1.165) is 33.2 Å². The van der Waals surface area contributed by atoms with Gasteiger partial charge in [0.05, 0.1) is 12.0 Å². The number of fused-ring (bicyclic) bond motifs is 2. The summed E-state index contributed by atoms with van der Waals surface area (Å²) >= 11 is 0. The number of rotatable bonds is 5. The van der Waals surface area contributed by atoms with Gasteiger partial charge in [-0.1, -0.05) is 0 Å². The number of carboxylic acid groups (broad SMARTS) is 1. The van der Waals surface area contributed by atoms with Gasteiger partial charge in [0.15, 0.2) is 0 Å². The third kappa shape index (κ3) is 3.28. The lowest BCUT2D eigenvalue weighted by molar-refractivity contribution is -0.307. The molecule has 148 valence electrons. The Kier molecular flexibility index (Phi) is 5.02. The van der Waals surface area contributed by atoms with Gasteiger partial charge in [0, 0.05) is 28.3 Å². The maximum absolute atomic E-state index is 12.5. The molecule has 2 heterocycles. The molecule has 0 fully saturated rings. The molecule has 0 aliphatic rings. The Morgan fingerprint density at radius 2 is 1.64 bits per heavy atom. The summed E-state index contributed by atoms with van der Waals surface area (Å²) in [6.07, 6.45) is 0.121. The van der Waals surface area contributed by atoms with Gasteiger partial charge in [-0.2, -0.15) is 0 Å². The fourth-order valence-corrected chi connectivity index (χ4v) is 3.39. The van der Waals surface area contributed by atoms with E-state index in [1.54, 1.807) is 0 Å². The van der Waals surface area contributed by atoms with Gasteiger partial charge in [-0.25, -0.2) is 4.79 Å². The molecule has 1 aromatic carbocycles. The van der Waals surface area contributed by atoms with E-state index < -0.39 is 23.5 Å². The summed E-state index contributed by atoms with van der Waals surface area (Å²) in [6.45, 7) is 8.87. The predicted octanol–water partition coefficient (Wildman–Crippen LogP) is 1.96. The molecular formula is C21H22NO6-. The molecule has 3 rings (SSSR count). The molecular weight excluding hydrogens is 362 g/mol. The van der Waals surface area contributed by atoms with Crippen molar-refractivity contribution >= 4 is 33.8 Å². The molecule has 7 heteroatoms. The second-order valence-corrected chi connectivity index (χ2v) is 7.14. The molecule has 0 radical (unpaired) electrons. The van der Waals surface area contributed by atoms with Crippen molar-refractivity contribution in [3.05, 3.63) is 44.5 Å². The van der Waals surface area contributed by atoms with E-state index in [2.05, 4.69) is 5.32 Å². The molecule has 0 aliphatic carbocycles. The van der Waals surface area contributed by atoms with Crippen LogP contribution in [0.5, 0.6) is 0 Å². The van der Waals surface area contributed by atoms with Gasteiger partial charge in [-0.05, 0) is 58.2 Å². The van der Waals surface area contributed by atoms with E-state index >= 15 is 0 Å². The number of aryl methyl sites for hydroxylation is 4.